The number of hydrogen-bond donors (Lipinski definition) is 1. The van der Waals surface area contributed by atoms with E-state index in [-0.39, 0.29) is 11.9 Å². The van der Waals surface area contributed by atoms with Gasteiger partial charge in [0.05, 0.1) is 10.7 Å². The number of nitrogens with one attached hydrogen (secondary N) is 1. The van der Waals surface area contributed by atoms with Gasteiger partial charge in [0.1, 0.15) is 5.82 Å². The van der Waals surface area contributed by atoms with Gasteiger partial charge in [-0.25, -0.2) is 4.39 Å². The molecule has 0 aromatic carbocycles. The minimum atomic E-state index is -0.321. The molecule has 0 bridgehead atoms. The molecule has 0 fully saturated rings. The van der Waals surface area contributed by atoms with Gasteiger partial charge in [-0.2, -0.15) is 0 Å². The SMILES string of the molecule is CCCC(Cc1ncc(Cl)cc1F)NC. The van der Waals surface area contributed by atoms with Gasteiger partial charge in [-0.1, -0.05) is 24.9 Å². The van der Waals surface area contributed by atoms with E-state index in [1.807, 2.05) is 7.05 Å². The zero-order valence-electron chi connectivity index (χ0n) is 9.06. The van der Waals surface area contributed by atoms with Crippen LogP contribution in [0.5, 0.6) is 0 Å². The van der Waals surface area contributed by atoms with Gasteiger partial charge in [0, 0.05) is 18.7 Å². The van der Waals surface area contributed by atoms with Crippen molar-refractivity contribution in [3.8, 4) is 0 Å². The molecule has 15 heavy (non-hydrogen) atoms. The first-order chi connectivity index (χ1) is 7.17. The van der Waals surface area contributed by atoms with Gasteiger partial charge < -0.3 is 5.32 Å². The molecule has 0 aliphatic heterocycles. The maximum Gasteiger partial charge on any atom is 0.146 e. The molecule has 2 nitrogen and oxygen atoms in total. The molecule has 1 unspecified atom stereocenters. The van der Waals surface area contributed by atoms with E-state index in [2.05, 4.69) is 17.2 Å². The first-order valence-electron chi connectivity index (χ1n) is 5.14. The van der Waals surface area contributed by atoms with E-state index < -0.39 is 0 Å². The zero-order valence-corrected chi connectivity index (χ0v) is 9.81. The molecule has 1 heterocycles. The maximum atomic E-state index is 13.4. The Morgan fingerprint density at radius 1 is 1.60 bits per heavy atom. The Bertz CT molecular complexity index is 317. The molecule has 1 aromatic heterocycles. The monoisotopic (exact) mass is 230 g/mol. The largest absolute Gasteiger partial charge is 0.317 e. The fourth-order valence-electron chi connectivity index (χ4n) is 1.52. The van der Waals surface area contributed by atoms with Crippen LogP contribution in [0.3, 0.4) is 0 Å². The third kappa shape index (κ3) is 3.76. The van der Waals surface area contributed by atoms with Crippen LogP contribution in [0.2, 0.25) is 5.02 Å². The van der Waals surface area contributed by atoms with Crippen LogP contribution in [0, 0.1) is 5.82 Å². The van der Waals surface area contributed by atoms with Crippen LogP contribution in [-0.4, -0.2) is 18.1 Å². The molecule has 0 saturated carbocycles. The first kappa shape index (κ1) is 12.4. The van der Waals surface area contributed by atoms with Crippen molar-refractivity contribution in [1.82, 2.24) is 10.3 Å². The van der Waals surface area contributed by atoms with Crippen molar-refractivity contribution in [3.63, 3.8) is 0 Å². The molecule has 0 saturated heterocycles. The van der Waals surface area contributed by atoms with Gasteiger partial charge in [0.15, 0.2) is 0 Å². The average Bonchev–Trinajstić information content (AvgIpc) is 2.21. The molecule has 0 spiro atoms. The molecule has 84 valence electrons. The van der Waals surface area contributed by atoms with Crippen molar-refractivity contribution in [1.29, 1.82) is 0 Å². The number of nitrogens with zero attached hydrogens (tertiary/aromatic N) is 1. The lowest BCUT2D eigenvalue weighted by molar-refractivity contribution is 0.491. The Balaban J connectivity index is 2.70. The smallest absolute Gasteiger partial charge is 0.146 e. The van der Waals surface area contributed by atoms with Crippen LogP contribution in [0.15, 0.2) is 12.3 Å². The van der Waals surface area contributed by atoms with Crippen LogP contribution in [0.1, 0.15) is 25.5 Å². The number of pyridine rings is 1. The Morgan fingerprint density at radius 2 is 2.33 bits per heavy atom. The van der Waals surface area contributed by atoms with E-state index in [0.29, 0.717) is 17.1 Å². The summed E-state index contributed by atoms with van der Waals surface area (Å²) >= 11 is 5.63. The van der Waals surface area contributed by atoms with Crippen LogP contribution in [0.25, 0.3) is 0 Å². The van der Waals surface area contributed by atoms with E-state index in [1.165, 1.54) is 12.3 Å². The third-order valence-electron chi connectivity index (χ3n) is 2.37. The van der Waals surface area contributed by atoms with E-state index in [1.54, 1.807) is 0 Å². The first-order valence-corrected chi connectivity index (χ1v) is 5.52. The van der Waals surface area contributed by atoms with Crippen molar-refractivity contribution >= 4 is 11.6 Å². The number of halogens is 2. The van der Waals surface area contributed by atoms with E-state index in [4.69, 9.17) is 11.6 Å². The van der Waals surface area contributed by atoms with E-state index >= 15 is 0 Å². The molecule has 0 aliphatic carbocycles. The van der Waals surface area contributed by atoms with Crippen molar-refractivity contribution in [2.45, 2.75) is 32.2 Å². The summed E-state index contributed by atoms with van der Waals surface area (Å²) in [7, 11) is 1.88. The van der Waals surface area contributed by atoms with Crippen LogP contribution in [0.4, 0.5) is 4.39 Å². The van der Waals surface area contributed by atoms with Gasteiger partial charge >= 0.3 is 0 Å². The molecule has 1 atom stereocenters. The average molecular weight is 231 g/mol. The standard InChI is InChI=1S/C11H16ClFN2/c1-3-4-9(14-2)6-11-10(13)5-8(12)7-15-11/h5,7,9,14H,3-4,6H2,1-2H3. The molecule has 1 aromatic rings. The number of hydrogen-bond acceptors (Lipinski definition) is 2. The van der Waals surface area contributed by atoms with Crippen LogP contribution in [-0.2, 0) is 6.42 Å². The van der Waals surface area contributed by atoms with Crippen molar-refractivity contribution < 1.29 is 4.39 Å². The van der Waals surface area contributed by atoms with Crippen molar-refractivity contribution in [2.75, 3.05) is 7.05 Å². The second-order valence-corrected chi connectivity index (χ2v) is 4.00. The summed E-state index contributed by atoms with van der Waals surface area (Å²) in [5, 5.41) is 3.49. The normalized spacial score (nSPS) is 12.8. The molecule has 0 aliphatic rings. The highest BCUT2D eigenvalue weighted by Gasteiger charge is 2.11. The summed E-state index contributed by atoms with van der Waals surface area (Å²) in [6.07, 6.45) is 4.17. The van der Waals surface area contributed by atoms with Gasteiger partial charge in [0.25, 0.3) is 0 Å². The highest BCUT2D eigenvalue weighted by Crippen LogP contribution is 2.14. The lowest BCUT2D eigenvalue weighted by Gasteiger charge is -2.14. The summed E-state index contributed by atoms with van der Waals surface area (Å²) < 4.78 is 13.4. The van der Waals surface area contributed by atoms with Gasteiger partial charge in [-0.05, 0) is 19.5 Å². The highest BCUT2D eigenvalue weighted by molar-refractivity contribution is 6.30. The second kappa shape index (κ2) is 6.03. The fourth-order valence-corrected chi connectivity index (χ4v) is 1.67. The lowest BCUT2D eigenvalue weighted by Crippen LogP contribution is -2.28. The third-order valence-corrected chi connectivity index (χ3v) is 2.58. The van der Waals surface area contributed by atoms with E-state index in [0.717, 1.165) is 12.8 Å². The summed E-state index contributed by atoms with van der Waals surface area (Å²) in [6.45, 7) is 2.11. The predicted molar refractivity (Wildman–Crippen MR) is 60.7 cm³/mol. The summed E-state index contributed by atoms with van der Waals surface area (Å²) in [6, 6.07) is 1.58. The summed E-state index contributed by atoms with van der Waals surface area (Å²) in [4.78, 5) is 4.00. The summed E-state index contributed by atoms with van der Waals surface area (Å²) in [5.74, 6) is -0.321. The molecule has 4 heteroatoms. The second-order valence-electron chi connectivity index (χ2n) is 3.56. The molecular formula is C11H16ClFN2. The quantitative estimate of drug-likeness (QED) is 0.842. The fraction of sp³-hybridized carbons (Fsp3) is 0.545. The molecule has 0 amide bonds. The molecular weight excluding hydrogens is 215 g/mol. The molecule has 1 rings (SSSR count). The van der Waals surface area contributed by atoms with Gasteiger partial charge in [-0.15, -0.1) is 0 Å². The molecule has 1 N–H and O–H groups in total. The lowest BCUT2D eigenvalue weighted by atomic mass is 10.1. The van der Waals surface area contributed by atoms with Gasteiger partial charge in [-0.3, -0.25) is 4.98 Å². The zero-order chi connectivity index (χ0) is 11.3. The highest BCUT2D eigenvalue weighted by atomic mass is 35.5. The summed E-state index contributed by atoms with van der Waals surface area (Å²) in [5.41, 5.74) is 0.479. The topological polar surface area (TPSA) is 24.9 Å². The Morgan fingerprint density at radius 3 is 2.87 bits per heavy atom. The van der Waals surface area contributed by atoms with Crippen LogP contribution < -0.4 is 5.32 Å². The van der Waals surface area contributed by atoms with Crippen molar-refractivity contribution in [2.24, 2.45) is 0 Å². The Hall–Kier alpha value is -0.670. The van der Waals surface area contributed by atoms with Crippen LogP contribution >= 0.6 is 11.6 Å². The number of rotatable bonds is 5. The molecule has 0 radical (unpaired) electrons. The van der Waals surface area contributed by atoms with Crippen molar-refractivity contribution in [3.05, 3.63) is 28.8 Å². The van der Waals surface area contributed by atoms with Gasteiger partial charge in [0.2, 0.25) is 0 Å². The number of likely N-dealkylation sites (N-methyl/N-ethyl adjacent to an activating group) is 1. The Kier molecular flexibility index (Phi) is 4.99. The maximum absolute atomic E-state index is 13.4. The number of aromatic nitrogens is 1. The minimum Gasteiger partial charge on any atom is -0.317 e. The predicted octanol–water partition coefficient (Wildman–Crippen LogP) is 2.80. The minimum absolute atomic E-state index is 0.276. The Labute approximate surface area is 94.9 Å². The van der Waals surface area contributed by atoms with E-state index in [9.17, 15) is 4.39 Å².